The number of carbonyl (C=O) groups excluding carboxylic acids is 1. The van der Waals surface area contributed by atoms with Crippen LogP contribution in [0.1, 0.15) is 21.8 Å². The highest BCUT2D eigenvalue weighted by Gasteiger charge is 2.62. The van der Waals surface area contributed by atoms with Gasteiger partial charge in [0, 0.05) is 27.9 Å². The largest absolute Gasteiger partial charge is 0.422 e. The molecule has 29 heavy (non-hydrogen) atoms. The van der Waals surface area contributed by atoms with E-state index in [1.165, 1.54) is 0 Å². The molecule has 0 saturated carbocycles. The molecule has 0 amide bonds. The first-order valence-electron chi connectivity index (χ1n) is 9.54. The van der Waals surface area contributed by atoms with Crippen LogP contribution in [-0.4, -0.2) is 24.0 Å². The average Bonchev–Trinajstić information content (AvgIpc) is 3.29. The van der Waals surface area contributed by atoms with Crippen molar-refractivity contribution >= 4 is 38.4 Å². The van der Waals surface area contributed by atoms with Gasteiger partial charge in [-0.25, -0.2) is 4.79 Å². The van der Waals surface area contributed by atoms with E-state index < -0.39 is 17.1 Å². The molecular formula is C23H16BrNO4. The van der Waals surface area contributed by atoms with E-state index in [0.717, 1.165) is 15.5 Å². The Kier molecular flexibility index (Phi) is 3.50. The van der Waals surface area contributed by atoms with E-state index in [-0.39, 0.29) is 17.8 Å². The van der Waals surface area contributed by atoms with Gasteiger partial charge in [0.1, 0.15) is 11.2 Å². The van der Waals surface area contributed by atoms with Crippen molar-refractivity contribution in [3.05, 3.63) is 86.7 Å². The molecule has 0 unspecified atom stereocenters. The van der Waals surface area contributed by atoms with Crippen LogP contribution in [0.15, 0.2) is 74.4 Å². The number of benzene rings is 2. The molecule has 1 spiro atoms. The number of nitrogens with one attached hydrogen (secondary N) is 1. The normalized spacial score (nSPS) is 28.8. The Bertz CT molecular complexity index is 1260. The van der Waals surface area contributed by atoms with Crippen molar-refractivity contribution in [2.24, 2.45) is 5.92 Å². The van der Waals surface area contributed by atoms with Gasteiger partial charge in [-0.1, -0.05) is 52.3 Å². The van der Waals surface area contributed by atoms with Gasteiger partial charge in [-0.2, -0.15) is 0 Å². The second kappa shape index (κ2) is 5.90. The number of hydrogen-bond acceptors (Lipinski definition) is 5. The van der Waals surface area contributed by atoms with E-state index in [0.29, 0.717) is 23.3 Å². The second-order valence-electron chi connectivity index (χ2n) is 7.80. The van der Waals surface area contributed by atoms with Gasteiger partial charge in [0.05, 0.1) is 23.3 Å². The summed E-state index contributed by atoms with van der Waals surface area (Å²) < 4.78 is 12.8. The van der Waals surface area contributed by atoms with Crippen LogP contribution >= 0.6 is 15.9 Å². The van der Waals surface area contributed by atoms with E-state index in [1.54, 1.807) is 18.2 Å². The molecule has 1 aromatic heterocycles. The van der Waals surface area contributed by atoms with Crippen LogP contribution < -0.4 is 10.9 Å². The second-order valence-corrected chi connectivity index (χ2v) is 8.71. The standard InChI is InChI=1S/C23H16BrNO4/c24-13-7-5-12(6-8-13)21(26)17-16-9-10-23(29-16)11-25-20-14-3-1-2-4-15(14)28-22(27)18(20)19(17)23/h1-10,16-17,19,25H,11H2/t16-,17+,19+,23-/m0/s1. The molecule has 5 nitrogen and oxygen atoms in total. The lowest BCUT2D eigenvalue weighted by Gasteiger charge is -2.38. The zero-order chi connectivity index (χ0) is 19.8. The highest BCUT2D eigenvalue weighted by molar-refractivity contribution is 9.10. The lowest BCUT2D eigenvalue weighted by atomic mass is 9.67. The highest BCUT2D eigenvalue weighted by Crippen LogP contribution is 2.56. The number of halogens is 1. The molecule has 0 radical (unpaired) electrons. The Morgan fingerprint density at radius 3 is 2.76 bits per heavy atom. The van der Waals surface area contributed by atoms with Crippen molar-refractivity contribution in [3.8, 4) is 0 Å². The molecule has 144 valence electrons. The van der Waals surface area contributed by atoms with Crippen LogP contribution in [0, 0.1) is 5.92 Å². The SMILES string of the molecule is O=C(c1ccc(Br)cc1)[C@@H]1[C@@H]2C=C[C@@]3(CNc4c(c(=O)oc5ccccc45)[C@@H]13)O2. The zero-order valence-electron chi connectivity index (χ0n) is 15.2. The Labute approximate surface area is 174 Å². The molecule has 3 aliphatic heterocycles. The molecule has 1 N–H and O–H groups in total. The topological polar surface area (TPSA) is 68.5 Å². The van der Waals surface area contributed by atoms with E-state index >= 15 is 0 Å². The molecule has 0 aliphatic carbocycles. The lowest BCUT2D eigenvalue weighted by molar-refractivity contribution is 0.0301. The van der Waals surface area contributed by atoms with Crippen molar-refractivity contribution in [1.29, 1.82) is 0 Å². The maximum Gasteiger partial charge on any atom is 0.341 e. The summed E-state index contributed by atoms with van der Waals surface area (Å²) in [5.41, 5.74) is 1.31. The number of rotatable bonds is 2. The van der Waals surface area contributed by atoms with Gasteiger partial charge in [-0.05, 0) is 24.3 Å². The predicted molar refractivity (Wildman–Crippen MR) is 112 cm³/mol. The van der Waals surface area contributed by atoms with Gasteiger partial charge in [0.15, 0.2) is 5.78 Å². The molecule has 6 heteroatoms. The van der Waals surface area contributed by atoms with Gasteiger partial charge in [0.2, 0.25) is 0 Å². The molecule has 3 aliphatic rings. The minimum Gasteiger partial charge on any atom is -0.422 e. The van der Waals surface area contributed by atoms with Crippen LogP contribution in [-0.2, 0) is 4.74 Å². The van der Waals surface area contributed by atoms with Crippen LogP contribution in [0.3, 0.4) is 0 Å². The van der Waals surface area contributed by atoms with Gasteiger partial charge in [-0.15, -0.1) is 0 Å². The number of para-hydroxylation sites is 1. The first-order chi connectivity index (χ1) is 14.1. The molecule has 4 heterocycles. The summed E-state index contributed by atoms with van der Waals surface area (Å²) in [6, 6.07) is 14.8. The molecule has 1 saturated heterocycles. The van der Waals surface area contributed by atoms with E-state index in [4.69, 9.17) is 9.15 Å². The van der Waals surface area contributed by atoms with E-state index in [2.05, 4.69) is 21.2 Å². The Morgan fingerprint density at radius 2 is 1.93 bits per heavy atom. The van der Waals surface area contributed by atoms with Gasteiger partial charge in [0.25, 0.3) is 0 Å². The number of anilines is 1. The zero-order valence-corrected chi connectivity index (χ0v) is 16.8. The summed E-state index contributed by atoms with van der Waals surface area (Å²) in [7, 11) is 0. The first kappa shape index (κ1) is 17.2. The number of Topliss-reactive ketones (excluding diaryl/α,β-unsaturated/α-hetero) is 1. The summed E-state index contributed by atoms with van der Waals surface area (Å²) in [6.07, 6.45) is 3.60. The molecular weight excluding hydrogens is 434 g/mol. The van der Waals surface area contributed by atoms with Crippen molar-refractivity contribution in [2.45, 2.75) is 17.6 Å². The summed E-state index contributed by atoms with van der Waals surface area (Å²) in [5, 5.41) is 4.24. The molecule has 6 rings (SSSR count). The van der Waals surface area contributed by atoms with Gasteiger partial charge in [-0.3, -0.25) is 4.79 Å². The molecule has 3 aromatic rings. The highest BCUT2D eigenvalue weighted by atomic mass is 79.9. The maximum atomic E-state index is 13.5. The van der Waals surface area contributed by atoms with Gasteiger partial charge < -0.3 is 14.5 Å². The van der Waals surface area contributed by atoms with Crippen LogP contribution in [0.4, 0.5) is 5.69 Å². The van der Waals surface area contributed by atoms with Gasteiger partial charge >= 0.3 is 5.63 Å². The lowest BCUT2D eigenvalue weighted by Crippen LogP contribution is -2.47. The van der Waals surface area contributed by atoms with E-state index in [9.17, 15) is 9.59 Å². The third-order valence-electron chi connectivity index (χ3n) is 6.30. The summed E-state index contributed by atoms with van der Waals surface area (Å²) >= 11 is 3.41. The molecule has 4 atom stereocenters. The van der Waals surface area contributed by atoms with Crippen LogP contribution in [0.5, 0.6) is 0 Å². The smallest absolute Gasteiger partial charge is 0.341 e. The fourth-order valence-corrected chi connectivity index (χ4v) is 5.32. The average molecular weight is 450 g/mol. The number of ether oxygens (including phenoxy) is 1. The minimum atomic E-state index is -0.704. The first-order valence-corrected chi connectivity index (χ1v) is 10.3. The fourth-order valence-electron chi connectivity index (χ4n) is 5.06. The minimum absolute atomic E-state index is 0.0147. The van der Waals surface area contributed by atoms with Crippen molar-refractivity contribution in [2.75, 3.05) is 11.9 Å². The van der Waals surface area contributed by atoms with Crippen LogP contribution in [0.2, 0.25) is 0 Å². The third kappa shape index (κ3) is 2.30. The fraction of sp³-hybridized carbons (Fsp3) is 0.217. The quantitative estimate of drug-likeness (QED) is 0.359. The van der Waals surface area contributed by atoms with Crippen molar-refractivity contribution < 1.29 is 13.9 Å². The Morgan fingerprint density at radius 1 is 1.14 bits per heavy atom. The summed E-state index contributed by atoms with van der Waals surface area (Å²) in [6.45, 7) is 0.509. The number of hydrogen-bond donors (Lipinski definition) is 1. The Balaban J connectivity index is 1.56. The summed E-state index contributed by atoms with van der Waals surface area (Å²) in [5.74, 6) is -0.865. The Hall–Kier alpha value is -2.70. The van der Waals surface area contributed by atoms with Crippen molar-refractivity contribution in [3.63, 3.8) is 0 Å². The number of fused-ring (bicyclic) bond motifs is 5. The van der Waals surface area contributed by atoms with E-state index in [1.807, 2.05) is 42.5 Å². The van der Waals surface area contributed by atoms with Crippen molar-refractivity contribution in [1.82, 2.24) is 0 Å². The molecule has 2 bridgehead atoms. The van der Waals surface area contributed by atoms with Crippen LogP contribution in [0.25, 0.3) is 11.0 Å². The summed E-state index contributed by atoms with van der Waals surface area (Å²) in [4.78, 5) is 26.5. The monoisotopic (exact) mass is 449 g/mol. The predicted octanol–water partition coefficient (Wildman–Crippen LogP) is 4.27. The molecule has 2 aromatic carbocycles. The molecule has 1 fully saturated rings. The number of carbonyl (C=O) groups is 1. The maximum absolute atomic E-state index is 13.5. The third-order valence-corrected chi connectivity index (χ3v) is 6.82. The number of ketones is 1.